The predicted molar refractivity (Wildman–Crippen MR) is 130 cm³/mol. The van der Waals surface area contributed by atoms with Gasteiger partial charge in [0, 0.05) is 6.07 Å². The Hall–Kier alpha value is -3.56. The summed E-state index contributed by atoms with van der Waals surface area (Å²) in [7, 11) is 0.507. The number of aryl methyl sites for hydroxylation is 1. The van der Waals surface area contributed by atoms with E-state index in [0.717, 1.165) is 5.56 Å². The number of sulfonamides is 1. The molecular formula is C25H28N2O6S. The molecule has 0 saturated carbocycles. The summed E-state index contributed by atoms with van der Waals surface area (Å²) in [6, 6.07) is 17.6. The maximum Gasteiger partial charge on any atom is 0.243 e. The van der Waals surface area contributed by atoms with Gasteiger partial charge in [-0.05, 0) is 54.8 Å². The molecule has 0 radical (unpaired) electrons. The highest BCUT2D eigenvalue weighted by molar-refractivity contribution is 7.89. The molecule has 0 aromatic heterocycles. The predicted octanol–water partition coefficient (Wildman–Crippen LogP) is 3.55. The normalized spacial score (nSPS) is 12.0. The summed E-state index contributed by atoms with van der Waals surface area (Å²) in [6.45, 7) is 1.75. The Balaban J connectivity index is 1.90. The summed E-state index contributed by atoms with van der Waals surface area (Å²) >= 11 is 0. The minimum Gasteiger partial charge on any atom is -0.497 e. The van der Waals surface area contributed by atoms with Gasteiger partial charge in [-0.3, -0.25) is 4.79 Å². The van der Waals surface area contributed by atoms with Gasteiger partial charge in [0.2, 0.25) is 15.9 Å². The van der Waals surface area contributed by atoms with Gasteiger partial charge in [0.25, 0.3) is 0 Å². The molecule has 0 aliphatic heterocycles. The van der Waals surface area contributed by atoms with Gasteiger partial charge >= 0.3 is 0 Å². The molecule has 3 aromatic rings. The van der Waals surface area contributed by atoms with Gasteiger partial charge in [-0.25, -0.2) is 8.42 Å². The average molecular weight is 485 g/mol. The number of rotatable bonds is 10. The molecule has 34 heavy (non-hydrogen) atoms. The first-order valence-corrected chi connectivity index (χ1v) is 12.0. The van der Waals surface area contributed by atoms with E-state index in [0.29, 0.717) is 28.5 Å². The number of nitrogens with one attached hydrogen (secondary N) is 2. The minimum absolute atomic E-state index is 0.0405. The first-order valence-electron chi connectivity index (χ1n) is 10.5. The molecule has 2 N–H and O–H groups in total. The van der Waals surface area contributed by atoms with Crippen LogP contribution >= 0.6 is 0 Å². The molecule has 1 unspecified atom stereocenters. The van der Waals surface area contributed by atoms with E-state index in [1.807, 2.05) is 30.3 Å². The second-order valence-corrected chi connectivity index (χ2v) is 9.26. The first-order chi connectivity index (χ1) is 16.3. The van der Waals surface area contributed by atoms with Crippen molar-refractivity contribution in [3.05, 3.63) is 77.9 Å². The standard InChI is InChI=1S/C25H28N2O6S/c1-17-14-20(11-13-23(17)32-3)34(29,30)27-22(15-18-8-6-5-7-9-18)25(28)26-21-12-10-19(31-2)16-24(21)33-4/h5-14,16,22,27H,15H2,1-4H3,(H,26,28). The van der Waals surface area contributed by atoms with Crippen LogP contribution in [0.2, 0.25) is 0 Å². The van der Waals surface area contributed by atoms with E-state index >= 15 is 0 Å². The summed E-state index contributed by atoms with van der Waals surface area (Å²) in [6.07, 6.45) is 0.152. The van der Waals surface area contributed by atoms with Crippen molar-refractivity contribution in [3.63, 3.8) is 0 Å². The van der Waals surface area contributed by atoms with Crippen LogP contribution in [0.25, 0.3) is 0 Å². The smallest absolute Gasteiger partial charge is 0.243 e. The topological polar surface area (TPSA) is 103 Å². The van der Waals surface area contributed by atoms with Gasteiger partial charge in [-0.1, -0.05) is 30.3 Å². The Bertz CT molecular complexity index is 1250. The van der Waals surface area contributed by atoms with Crippen molar-refractivity contribution in [1.29, 1.82) is 0 Å². The zero-order valence-electron chi connectivity index (χ0n) is 19.5. The first kappa shape index (κ1) is 25.1. The zero-order valence-corrected chi connectivity index (χ0v) is 20.3. The summed E-state index contributed by atoms with van der Waals surface area (Å²) < 4.78 is 44.7. The molecule has 3 aromatic carbocycles. The van der Waals surface area contributed by atoms with Crippen molar-refractivity contribution < 1.29 is 27.4 Å². The summed E-state index contributed by atoms with van der Waals surface area (Å²) in [4.78, 5) is 13.3. The second kappa shape index (κ2) is 11.0. The Labute approximate surface area is 199 Å². The fourth-order valence-corrected chi connectivity index (χ4v) is 4.71. The highest BCUT2D eigenvalue weighted by Gasteiger charge is 2.27. The molecule has 0 fully saturated rings. The van der Waals surface area contributed by atoms with Crippen LogP contribution in [0, 0.1) is 6.92 Å². The molecule has 1 amide bonds. The lowest BCUT2D eigenvalue weighted by Crippen LogP contribution is -2.45. The third-order valence-corrected chi connectivity index (χ3v) is 6.71. The molecule has 0 bridgehead atoms. The van der Waals surface area contributed by atoms with E-state index in [1.54, 1.807) is 31.2 Å². The van der Waals surface area contributed by atoms with E-state index in [9.17, 15) is 13.2 Å². The number of hydrogen-bond acceptors (Lipinski definition) is 6. The largest absolute Gasteiger partial charge is 0.497 e. The van der Waals surface area contributed by atoms with E-state index in [-0.39, 0.29) is 11.3 Å². The van der Waals surface area contributed by atoms with Crippen LogP contribution in [0.5, 0.6) is 17.2 Å². The molecular weight excluding hydrogens is 456 g/mol. The van der Waals surface area contributed by atoms with Gasteiger partial charge in [-0.15, -0.1) is 0 Å². The number of methoxy groups -OCH3 is 3. The quantitative estimate of drug-likeness (QED) is 0.456. The lowest BCUT2D eigenvalue weighted by atomic mass is 10.1. The summed E-state index contributed by atoms with van der Waals surface area (Å²) in [5.74, 6) is 0.997. The monoisotopic (exact) mass is 484 g/mol. The van der Waals surface area contributed by atoms with E-state index in [1.165, 1.54) is 33.5 Å². The van der Waals surface area contributed by atoms with Crippen molar-refractivity contribution in [1.82, 2.24) is 4.72 Å². The van der Waals surface area contributed by atoms with Gasteiger partial charge in [-0.2, -0.15) is 4.72 Å². The number of amides is 1. The molecule has 0 saturated heterocycles. The van der Waals surface area contributed by atoms with Crippen molar-refractivity contribution in [3.8, 4) is 17.2 Å². The highest BCUT2D eigenvalue weighted by atomic mass is 32.2. The number of carbonyl (C=O) groups is 1. The fraction of sp³-hybridized carbons (Fsp3) is 0.240. The van der Waals surface area contributed by atoms with Crippen molar-refractivity contribution in [2.75, 3.05) is 26.6 Å². The second-order valence-electron chi connectivity index (χ2n) is 7.55. The van der Waals surface area contributed by atoms with E-state index in [2.05, 4.69) is 10.0 Å². The Morgan fingerprint density at radius 3 is 2.21 bits per heavy atom. The Morgan fingerprint density at radius 1 is 0.882 bits per heavy atom. The molecule has 9 heteroatoms. The summed E-state index contributed by atoms with van der Waals surface area (Å²) in [5.41, 5.74) is 1.86. The van der Waals surface area contributed by atoms with Gasteiger partial charge < -0.3 is 19.5 Å². The van der Waals surface area contributed by atoms with Crippen molar-refractivity contribution in [2.24, 2.45) is 0 Å². The van der Waals surface area contributed by atoms with Gasteiger partial charge in [0.05, 0.1) is 31.9 Å². The molecule has 3 rings (SSSR count). The summed E-state index contributed by atoms with van der Waals surface area (Å²) in [5, 5.41) is 2.77. The molecule has 1 atom stereocenters. The molecule has 0 aliphatic rings. The number of benzene rings is 3. The highest BCUT2D eigenvalue weighted by Crippen LogP contribution is 2.29. The van der Waals surface area contributed by atoms with Crippen molar-refractivity contribution >= 4 is 21.6 Å². The van der Waals surface area contributed by atoms with Gasteiger partial charge in [0.1, 0.15) is 23.3 Å². The molecule has 0 spiro atoms. The maximum atomic E-state index is 13.3. The van der Waals surface area contributed by atoms with E-state index < -0.39 is 22.0 Å². The maximum absolute atomic E-state index is 13.3. The number of anilines is 1. The van der Waals surface area contributed by atoms with E-state index in [4.69, 9.17) is 14.2 Å². The van der Waals surface area contributed by atoms with Crippen LogP contribution in [0.15, 0.2) is 71.6 Å². The van der Waals surface area contributed by atoms with Gasteiger partial charge in [0.15, 0.2) is 0 Å². The van der Waals surface area contributed by atoms with Crippen LogP contribution in [0.3, 0.4) is 0 Å². The molecule has 0 aliphatic carbocycles. The van der Waals surface area contributed by atoms with Crippen LogP contribution in [0.4, 0.5) is 5.69 Å². The molecule has 8 nitrogen and oxygen atoms in total. The molecule has 180 valence electrons. The number of ether oxygens (including phenoxy) is 3. The Kier molecular flexibility index (Phi) is 8.14. The number of hydrogen-bond donors (Lipinski definition) is 2. The average Bonchev–Trinajstić information content (AvgIpc) is 2.84. The zero-order chi connectivity index (χ0) is 24.7. The SMILES string of the molecule is COc1ccc(NC(=O)C(Cc2ccccc2)NS(=O)(=O)c2ccc(OC)c(C)c2)c(OC)c1. The molecule has 0 heterocycles. The van der Waals surface area contributed by atoms with Crippen LogP contribution < -0.4 is 24.2 Å². The fourth-order valence-electron chi connectivity index (χ4n) is 3.43. The Morgan fingerprint density at radius 2 is 1.59 bits per heavy atom. The third-order valence-electron chi connectivity index (χ3n) is 5.24. The lowest BCUT2D eigenvalue weighted by molar-refractivity contribution is -0.117. The third kappa shape index (κ3) is 6.06. The minimum atomic E-state index is -4.01. The van der Waals surface area contributed by atoms with Crippen LogP contribution in [-0.4, -0.2) is 41.7 Å². The number of carbonyl (C=O) groups excluding carboxylic acids is 1. The lowest BCUT2D eigenvalue weighted by Gasteiger charge is -2.20. The van der Waals surface area contributed by atoms with Crippen molar-refractivity contribution in [2.45, 2.75) is 24.3 Å². The van der Waals surface area contributed by atoms with Crippen LogP contribution in [-0.2, 0) is 21.2 Å². The van der Waals surface area contributed by atoms with Crippen LogP contribution in [0.1, 0.15) is 11.1 Å².